The topological polar surface area (TPSA) is 36.4 Å². The number of hydrogen-bond acceptors (Lipinski definition) is 3. The maximum Gasteiger partial charge on any atom is 0.0931 e. The van der Waals surface area contributed by atoms with Crippen LogP contribution in [0.2, 0.25) is 0 Å². The number of nitrogens with zero attached hydrogens (tertiary/aromatic N) is 2. The molecule has 0 saturated carbocycles. The molecular weight excluding hydrogens is 212 g/mol. The SMILES string of the molecule is CCC(C)CN(CC)c1ccc([C@@H](C)O)nc1. The number of hydrogen-bond donors (Lipinski definition) is 1. The van der Waals surface area contributed by atoms with Crippen molar-refractivity contribution in [3.8, 4) is 0 Å². The molecule has 2 atom stereocenters. The highest BCUT2D eigenvalue weighted by molar-refractivity contribution is 5.44. The molecule has 0 radical (unpaired) electrons. The Morgan fingerprint density at radius 1 is 1.29 bits per heavy atom. The van der Waals surface area contributed by atoms with Crippen LogP contribution in [0.1, 0.15) is 45.9 Å². The molecule has 96 valence electrons. The summed E-state index contributed by atoms with van der Waals surface area (Å²) in [7, 11) is 0. The van der Waals surface area contributed by atoms with Crippen molar-refractivity contribution >= 4 is 5.69 Å². The molecule has 0 spiro atoms. The zero-order valence-electron chi connectivity index (χ0n) is 11.3. The minimum atomic E-state index is -0.492. The molecule has 0 fully saturated rings. The van der Waals surface area contributed by atoms with Gasteiger partial charge in [-0.2, -0.15) is 0 Å². The molecule has 1 unspecified atom stereocenters. The summed E-state index contributed by atoms with van der Waals surface area (Å²) >= 11 is 0. The number of anilines is 1. The van der Waals surface area contributed by atoms with Gasteiger partial charge in [-0.3, -0.25) is 4.98 Å². The summed E-state index contributed by atoms with van der Waals surface area (Å²) < 4.78 is 0. The van der Waals surface area contributed by atoms with Crippen LogP contribution >= 0.6 is 0 Å². The summed E-state index contributed by atoms with van der Waals surface area (Å²) in [5.41, 5.74) is 1.87. The van der Waals surface area contributed by atoms with Gasteiger partial charge in [-0.1, -0.05) is 20.3 Å². The third-order valence-electron chi connectivity index (χ3n) is 3.17. The maximum atomic E-state index is 9.42. The van der Waals surface area contributed by atoms with E-state index in [0.717, 1.165) is 24.5 Å². The lowest BCUT2D eigenvalue weighted by molar-refractivity contribution is 0.194. The predicted octanol–water partition coefficient (Wildman–Crippen LogP) is 3.01. The van der Waals surface area contributed by atoms with E-state index in [4.69, 9.17) is 0 Å². The van der Waals surface area contributed by atoms with Crippen LogP contribution in [0.5, 0.6) is 0 Å². The van der Waals surface area contributed by atoms with E-state index in [0.29, 0.717) is 5.92 Å². The van der Waals surface area contributed by atoms with Gasteiger partial charge in [0.2, 0.25) is 0 Å². The second-order valence-corrected chi connectivity index (χ2v) is 4.67. The first-order chi connectivity index (χ1) is 8.08. The molecule has 0 aliphatic rings. The summed E-state index contributed by atoms with van der Waals surface area (Å²) in [6, 6.07) is 3.94. The van der Waals surface area contributed by atoms with Crippen molar-refractivity contribution < 1.29 is 5.11 Å². The summed E-state index contributed by atoms with van der Waals surface area (Å²) in [6.07, 6.45) is 2.55. The monoisotopic (exact) mass is 236 g/mol. The van der Waals surface area contributed by atoms with Crippen molar-refractivity contribution in [3.63, 3.8) is 0 Å². The van der Waals surface area contributed by atoms with Crippen molar-refractivity contribution in [1.29, 1.82) is 0 Å². The fourth-order valence-electron chi connectivity index (χ4n) is 1.75. The van der Waals surface area contributed by atoms with Crippen LogP contribution in [0.15, 0.2) is 18.3 Å². The van der Waals surface area contributed by atoms with Gasteiger partial charge in [0.15, 0.2) is 0 Å². The Morgan fingerprint density at radius 2 is 2.00 bits per heavy atom. The molecule has 1 rings (SSSR count). The molecule has 0 amide bonds. The van der Waals surface area contributed by atoms with Gasteiger partial charge >= 0.3 is 0 Å². The highest BCUT2D eigenvalue weighted by Gasteiger charge is 2.09. The summed E-state index contributed by atoms with van der Waals surface area (Å²) in [5.74, 6) is 0.686. The van der Waals surface area contributed by atoms with Crippen LogP contribution in [0.4, 0.5) is 5.69 Å². The summed E-state index contributed by atoms with van der Waals surface area (Å²) in [6.45, 7) is 10.4. The van der Waals surface area contributed by atoms with E-state index in [1.807, 2.05) is 18.3 Å². The first-order valence-corrected chi connectivity index (χ1v) is 6.47. The number of aliphatic hydroxyl groups excluding tert-OH is 1. The van der Waals surface area contributed by atoms with Gasteiger partial charge in [-0.05, 0) is 31.9 Å². The first-order valence-electron chi connectivity index (χ1n) is 6.47. The quantitative estimate of drug-likeness (QED) is 0.825. The lowest BCUT2D eigenvalue weighted by Crippen LogP contribution is -2.28. The minimum Gasteiger partial charge on any atom is -0.387 e. The van der Waals surface area contributed by atoms with Gasteiger partial charge in [0, 0.05) is 13.1 Å². The van der Waals surface area contributed by atoms with Crippen LogP contribution in [-0.4, -0.2) is 23.2 Å². The van der Waals surface area contributed by atoms with Crippen molar-refractivity contribution in [3.05, 3.63) is 24.0 Å². The molecule has 17 heavy (non-hydrogen) atoms. The van der Waals surface area contributed by atoms with Gasteiger partial charge in [0.25, 0.3) is 0 Å². The fourth-order valence-corrected chi connectivity index (χ4v) is 1.75. The van der Waals surface area contributed by atoms with Crippen LogP contribution in [0.25, 0.3) is 0 Å². The van der Waals surface area contributed by atoms with Gasteiger partial charge in [0.1, 0.15) is 0 Å². The van der Waals surface area contributed by atoms with E-state index in [9.17, 15) is 5.11 Å². The zero-order valence-corrected chi connectivity index (χ0v) is 11.3. The van der Waals surface area contributed by atoms with Crippen LogP contribution in [0.3, 0.4) is 0 Å². The Kier molecular flexibility index (Phi) is 5.42. The second-order valence-electron chi connectivity index (χ2n) is 4.67. The molecule has 1 aromatic heterocycles. The molecule has 1 heterocycles. The van der Waals surface area contributed by atoms with Crippen LogP contribution < -0.4 is 4.90 Å². The van der Waals surface area contributed by atoms with E-state index in [2.05, 4.69) is 30.7 Å². The number of aromatic nitrogens is 1. The van der Waals surface area contributed by atoms with Gasteiger partial charge in [0.05, 0.1) is 23.7 Å². The molecule has 0 aliphatic heterocycles. The normalized spacial score (nSPS) is 14.4. The lowest BCUT2D eigenvalue weighted by Gasteiger charge is -2.26. The fraction of sp³-hybridized carbons (Fsp3) is 0.643. The van der Waals surface area contributed by atoms with Crippen LogP contribution in [-0.2, 0) is 0 Å². The average Bonchev–Trinajstić information content (AvgIpc) is 2.35. The molecule has 1 N–H and O–H groups in total. The van der Waals surface area contributed by atoms with E-state index in [1.165, 1.54) is 6.42 Å². The highest BCUT2D eigenvalue weighted by atomic mass is 16.3. The average molecular weight is 236 g/mol. The Labute approximate surface area is 104 Å². The lowest BCUT2D eigenvalue weighted by atomic mass is 10.1. The number of rotatable bonds is 6. The minimum absolute atomic E-state index is 0.492. The second kappa shape index (κ2) is 6.60. The summed E-state index contributed by atoms with van der Waals surface area (Å²) in [5, 5.41) is 9.42. The molecule has 0 aliphatic carbocycles. The Balaban J connectivity index is 2.75. The van der Waals surface area contributed by atoms with E-state index in [-0.39, 0.29) is 0 Å². The molecule has 3 heteroatoms. The number of aliphatic hydroxyl groups is 1. The number of pyridine rings is 1. The van der Waals surface area contributed by atoms with Gasteiger partial charge < -0.3 is 10.0 Å². The Hall–Kier alpha value is -1.09. The van der Waals surface area contributed by atoms with Crippen molar-refractivity contribution in [2.24, 2.45) is 5.92 Å². The molecular formula is C14H24N2O. The maximum absolute atomic E-state index is 9.42. The molecule has 1 aromatic rings. The van der Waals surface area contributed by atoms with Gasteiger partial charge in [-0.25, -0.2) is 0 Å². The Morgan fingerprint density at radius 3 is 2.41 bits per heavy atom. The standard InChI is InChI=1S/C14H24N2O/c1-5-11(3)10-16(6-2)13-7-8-14(12(4)17)15-9-13/h7-9,11-12,17H,5-6,10H2,1-4H3/t11?,12-/m1/s1. The van der Waals surface area contributed by atoms with E-state index >= 15 is 0 Å². The largest absolute Gasteiger partial charge is 0.387 e. The predicted molar refractivity (Wildman–Crippen MR) is 72.2 cm³/mol. The third kappa shape index (κ3) is 4.00. The molecule has 0 saturated heterocycles. The molecule has 0 aromatic carbocycles. The van der Waals surface area contributed by atoms with Crippen LogP contribution in [0, 0.1) is 5.92 Å². The van der Waals surface area contributed by atoms with Crippen molar-refractivity contribution in [2.75, 3.05) is 18.0 Å². The van der Waals surface area contributed by atoms with E-state index < -0.39 is 6.10 Å². The van der Waals surface area contributed by atoms with Crippen molar-refractivity contribution in [2.45, 2.75) is 40.2 Å². The van der Waals surface area contributed by atoms with Crippen molar-refractivity contribution in [1.82, 2.24) is 4.98 Å². The third-order valence-corrected chi connectivity index (χ3v) is 3.17. The first kappa shape index (κ1) is 14.0. The highest BCUT2D eigenvalue weighted by Crippen LogP contribution is 2.18. The smallest absolute Gasteiger partial charge is 0.0931 e. The molecule has 3 nitrogen and oxygen atoms in total. The van der Waals surface area contributed by atoms with E-state index in [1.54, 1.807) is 6.92 Å². The Bertz CT molecular complexity index is 321. The zero-order chi connectivity index (χ0) is 12.8. The summed E-state index contributed by atoms with van der Waals surface area (Å²) in [4.78, 5) is 6.61. The van der Waals surface area contributed by atoms with Gasteiger partial charge in [-0.15, -0.1) is 0 Å². The molecule has 0 bridgehead atoms.